The van der Waals surface area contributed by atoms with Gasteiger partial charge in [0.25, 0.3) is 0 Å². The Morgan fingerprint density at radius 2 is 0.524 bits per heavy atom. The van der Waals surface area contributed by atoms with Gasteiger partial charge >= 0.3 is 0 Å². The molecule has 0 amide bonds. The summed E-state index contributed by atoms with van der Waals surface area (Å²) in [6.45, 7) is 11.1. The van der Waals surface area contributed by atoms with E-state index in [-0.39, 0.29) is 13.2 Å². The van der Waals surface area contributed by atoms with Crippen LogP contribution in [0.1, 0.15) is 0 Å². The third-order valence-corrected chi connectivity index (χ3v) is 4.86. The van der Waals surface area contributed by atoms with Crippen molar-refractivity contribution in [3.8, 4) is 0 Å². The molecular weight excluding hydrogens is 564 g/mol. The van der Waals surface area contributed by atoms with Gasteiger partial charge in [-0.1, -0.05) is 0 Å². The van der Waals surface area contributed by atoms with Crippen molar-refractivity contribution >= 4 is 0 Å². The second-order valence-corrected chi connectivity index (χ2v) is 8.22. The van der Waals surface area contributed by atoms with Gasteiger partial charge in [-0.05, 0) is 0 Å². The molecule has 0 saturated heterocycles. The number of hydrogen-bond acceptors (Lipinski definition) is 15. The van der Waals surface area contributed by atoms with E-state index in [1.807, 2.05) is 0 Å². The standard InChI is InChI=1S/C27H56O15/c1-30-27(29)26-42-25-24-41-23-22-40-21-20-39-19-18-38-17-16-37-15-14-36-13-12-35-11-10-34-9-8-33-7-6-32-5-4-31-3-2-28/h27-29H,2-26H2,1H3. The van der Waals surface area contributed by atoms with Crippen LogP contribution in [0.5, 0.6) is 0 Å². The van der Waals surface area contributed by atoms with Gasteiger partial charge in [0, 0.05) is 7.11 Å². The molecule has 0 aliphatic rings. The number of hydrogen-bond donors (Lipinski definition) is 2. The monoisotopic (exact) mass is 620 g/mol. The molecule has 0 aromatic carbocycles. The van der Waals surface area contributed by atoms with Crippen LogP contribution in [0.15, 0.2) is 0 Å². The highest BCUT2D eigenvalue weighted by Crippen LogP contribution is 1.88. The smallest absolute Gasteiger partial charge is 0.177 e. The predicted octanol–water partition coefficient (Wildman–Crippen LogP) is -0.857. The minimum absolute atomic E-state index is 0.0228. The lowest BCUT2D eigenvalue weighted by Gasteiger charge is -2.10. The molecule has 42 heavy (non-hydrogen) atoms. The first kappa shape index (κ1) is 41.4. The Balaban J connectivity index is 3.04. The van der Waals surface area contributed by atoms with Crippen LogP contribution >= 0.6 is 0 Å². The normalized spacial score (nSPS) is 12.4. The summed E-state index contributed by atoms with van der Waals surface area (Å²) < 4.78 is 69.0. The van der Waals surface area contributed by atoms with E-state index >= 15 is 0 Å². The van der Waals surface area contributed by atoms with Crippen LogP contribution in [0.25, 0.3) is 0 Å². The summed E-state index contributed by atoms with van der Waals surface area (Å²) >= 11 is 0. The summed E-state index contributed by atoms with van der Waals surface area (Å²) in [7, 11) is 1.41. The molecule has 0 radical (unpaired) electrons. The maximum atomic E-state index is 9.13. The van der Waals surface area contributed by atoms with E-state index < -0.39 is 6.29 Å². The lowest BCUT2D eigenvalue weighted by Crippen LogP contribution is -2.19. The summed E-state index contributed by atoms with van der Waals surface area (Å²) in [5.41, 5.74) is 0. The van der Waals surface area contributed by atoms with Crippen molar-refractivity contribution in [3.63, 3.8) is 0 Å². The summed E-state index contributed by atoms with van der Waals surface area (Å²) in [6.07, 6.45) is -0.903. The van der Waals surface area contributed by atoms with E-state index in [1.165, 1.54) is 7.11 Å². The Labute approximate surface area is 250 Å². The number of rotatable bonds is 38. The molecule has 2 N–H and O–H groups in total. The van der Waals surface area contributed by atoms with Gasteiger partial charge in [0.05, 0.1) is 165 Å². The van der Waals surface area contributed by atoms with Crippen molar-refractivity contribution < 1.29 is 71.8 Å². The molecule has 1 atom stereocenters. The first-order valence-electron chi connectivity index (χ1n) is 14.6. The van der Waals surface area contributed by atoms with Crippen molar-refractivity contribution in [3.05, 3.63) is 0 Å². The van der Waals surface area contributed by atoms with Gasteiger partial charge in [-0.15, -0.1) is 0 Å². The van der Waals surface area contributed by atoms with Crippen molar-refractivity contribution in [2.24, 2.45) is 0 Å². The van der Waals surface area contributed by atoms with Gasteiger partial charge in [-0.2, -0.15) is 0 Å². The molecule has 0 fully saturated rings. The molecule has 15 nitrogen and oxygen atoms in total. The van der Waals surface area contributed by atoms with E-state index in [1.54, 1.807) is 0 Å². The van der Waals surface area contributed by atoms with E-state index in [0.717, 1.165) is 0 Å². The van der Waals surface area contributed by atoms with Crippen LogP contribution in [0, 0.1) is 0 Å². The van der Waals surface area contributed by atoms with Gasteiger partial charge in [0.15, 0.2) is 6.29 Å². The molecule has 254 valence electrons. The zero-order valence-corrected chi connectivity index (χ0v) is 25.5. The highest BCUT2D eigenvalue weighted by molar-refractivity contribution is 4.40. The highest BCUT2D eigenvalue weighted by atomic mass is 16.6. The van der Waals surface area contributed by atoms with Crippen LogP contribution in [-0.2, 0) is 61.6 Å². The Kier molecular flexibility index (Phi) is 37.9. The van der Waals surface area contributed by atoms with Gasteiger partial charge in [0.2, 0.25) is 0 Å². The molecular formula is C27H56O15. The van der Waals surface area contributed by atoms with E-state index in [0.29, 0.717) is 152 Å². The molecule has 0 aliphatic carbocycles. The third-order valence-electron chi connectivity index (χ3n) is 4.86. The van der Waals surface area contributed by atoms with Crippen molar-refractivity contribution in [2.45, 2.75) is 6.29 Å². The summed E-state index contributed by atoms with van der Waals surface area (Å²) in [5.74, 6) is 0. The summed E-state index contributed by atoms with van der Waals surface area (Å²) in [6, 6.07) is 0. The minimum atomic E-state index is -0.903. The van der Waals surface area contributed by atoms with Gasteiger partial charge < -0.3 is 71.8 Å². The quantitative estimate of drug-likeness (QED) is 0.0648. The average molecular weight is 621 g/mol. The molecule has 1 unspecified atom stereocenters. The average Bonchev–Trinajstić information content (AvgIpc) is 3.00. The van der Waals surface area contributed by atoms with Gasteiger partial charge in [-0.3, -0.25) is 0 Å². The fraction of sp³-hybridized carbons (Fsp3) is 1.00. The molecule has 0 aromatic heterocycles. The summed E-state index contributed by atoms with van der Waals surface area (Å²) in [5, 5.41) is 17.7. The lowest BCUT2D eigenvalue weighted by molar-refractivity contribution is -0.123. The van der Waals surface area contributed by atoms with Crippen LogP contribution in [0.3, 0.4) is 0 Å². The Morgan fingerprint density at radius 3 is 0.714 bits per heavy atom. The molecule has 0 aliphatic heterocycles. The Morgan fingerprint density at radius 1 is 0.333 bits per heavy atom. The Hall–Kier alpha value is -0.600. The predicted molar refractivity (Wildman–Crippen MR) is 150 cm³/mol. The molecule has 0 heterocycles. The van der Waals surface area contributed by atoms with E-state index in [9.17, 15) is 0 Å². The highest BCUT2D eigenvalue weighted by Gasteiger charge is 2.00. The van der Waals surface area contributed by atoms with Crippen LogP contribution in [-0.4, -0.2) is 189 Å². The fourth-order valence-electron chi connectivity index (χ4n) is 2.74. The molecule has 0 spiro atoms. The first-order valence-corrected chi connectivity index (χ1v) is 14.6. The largest absolute Gasteiger partial charge is 0.394 e. The second-order valence-electron chi connectivity index (χ2n) is 8.22. The molecule has 15 heteroatoms. The minimum Gasteiger partial charge on any atom is -0.394 e. The van der Waals surface area contributed by atoms with Gasteiger partial charge in [-0.25, -0.2) is 0 Å². The number of aliphatic hydroxyl groups excluding tert-OH is 2. The van der Waals surface area contributed by atoms with Crippen LogP contribution in [0.4, 0.5) is 0 Å². The molecule has 0 bridgehead atoms. The maximum absolute atomic E-state index is 9.13. The third kappa shape index (κ3) is 37.4. The Bertz CT molecular complexity index is 479. The zero-order valence-electron chi connectivity index (χ0n) is 25.5. The fourth-order valence-corrected chi connectivity index (χ4v) is 2.74. The maximum Gasteiger partial charge on any atom is 0.177 e. The number of aliphatic hydroxyl groups is 2. The van der Waals surface area contributed by atoms with E-state index in [4.69, 9.17) is 67.1 Å². The number of methoxy groups -OCH3 is 1. The van der Waals surface area contributed by atoms with Crippen LogP contribution < -0.4 is 0 Å². The van der Waals surface area contributed by atoms with Crippen molar-refractivity contribution in [2.75, 3.05) is 172 Å². The van der Waals surface area contributed by atoms with Crippen molar-refractivity contribution in [1.29, 1.82) is 0 Å². The zero-order chi connectivity index (χ0) is 30.4. The van der Waals surface area contributed by atoms with Crippen molar-refractivity contribution in [1.82, 2.24) is 0 Å². The topological polar surface area (TPSA) is 160 Å². The summed E-state index contributed by atoms with van der Waals surface area (Å²) in [4.78, 5) is 0. The van der Waals surface area contributed by atoms with E-state index in [2.05, 4.69) is 4.74 Å². The van der Waals surface area contributed by atoms with Gasteiger partial charge in [0.1, 0.15) is 0 Å². The number of ether oxygens (including phenoxy) is 13. The lowest BCUT2D eigenvalue weighted by atomic mass is 10.6. The second kappa shape index (κ2) is 38.4. The molecule has 0 saturated carbocycles. The SMILES string of the molecule is COC(O)COCCOCCOCCOCCOCCOCCOCCOCCOCCOCCOCCOCCO. The first-order chi connectivity index (χ1) is 20.8. The molecule has 0 rings (SSSR count). The van der Waals surface area contributed by atoms with Crippen LogP contribution in [0.2, 0.25) is 0 Å². The molecule has 0 aromatic rings.